The number of methoxy groups -OCH3 is 2. The third-order valence-corrected chi connectivity index (χ3v) is 5.41. The standard InChI is InChI=1S/C18H24N2O3/c1-18-9-5-4-6-13(18)16(18)17(21)20-19-11-12-7-8-14(22-2)15(10-12)23-3/h7-8,10-11,13,16H,4-6,9H2,1-3H3,(H,20,21)/b19-11-. The Morgan fingerprint density at radius 3 is 2.74 bits per heavy atom. The van der Waals surface area contributed by atoms with Gasteiger partial charge >= 0.3 is 0 Å². The molecule has 3 atom stereocenters. The lowest BCUT2D eigenvalue weighted by molar-refractivity contribution is -0.123. The highest BCUT2D eigenvalue weighted by atomic mass is 16.5. The number of nitrogens with one attached hydrogen (secondary N) is 1. The fourth-order valence-corrected chi connectivity index (χ4v) is 4.02. The smallest absolute Gasteiger partial charge is 0.244 e. The lowest BCUT2D eigenvalue weighted by Gasteiger charge is -2.15. The van der Waals surface area contributed by atoms with Crippen LogP contribution < -0.4 is 14.9 Å². The second kappa shape index (κ2) is 6.22. The van der Waals surface area contributed by atoms with Crippen LogP contribution >= 0.6 is 0 Å². The van der Waals surface area contributed by atoms with Crippen molar-refractivity contribution in [1.82, 2.24) is 5.43 Å². The first-order valence-electron chi connectivity index (χ1n) is 8.15. The van der Waals surface area contributed by atoms with Crippen molar-refractivity contribution < 1.29 is 14.3 Å². The molecule has 23 heavy (non-hydrogen) atoms. The van der Waals surface area contributed by atoms with E-state index in [1.165, 1.54) is 19.3 Å². The number of hydrazone groups is 1. The second-order valence-corrected chi connectivity index (χ2v) is 6.68. The Labute approximate surface area is 137 Å². The third kappa shape index (κ3) is 2.92. The van der Waals surface area contributed by atoms with E-state index < -0.39 is 0 Å². The predicted molar refractivity (Wildman–Crippen MR) is 88.8 cm³/mol. The SMILES string of the molecule is COc1ccc(/C=N\NC(=O)C2C3CCCCC32C)cc1OC. The number of hydrogen-bond donors (Lipinski definition) is 1. The number of benzene rings is 1. The zero-order valence-electron chi connectivity index (χ0n) is 14.0. The van der Waals surface area contributed by atoms with Crippen molar-refractivity contribution in [2.24, 2.45) is 22.4 Å². The summed E-state index contributed by atoms with van der Waals surface area (Å²) < 4.78 is 10.5. The Morgan fingerprint density at radius 1 is 1.30 bits per heavy atom. The largest absolute Gasteiger partial charge is 0.493 e. The maximum Gasteiger partial charge on any atom is 0.244 e. The molecule has 2 fully saturated rings. The van der Waals surface area contributed by atoms with Gasteiger partial charge in [0.05, 0.1) is 20.4 Å². The van der Waals surface area contributed by atoms with Crippen LogP contribution in [0.1, 0.15) is 38.2 Å². The first-order valence-corrected chi connectivity index (χ1v) is 8.15. The van der Waals surface area contributed by atoms with Crippen LogP contribution in [0.4, 0.5) is 0 Å². The van der Waals surface area contributed by atoms with E-state index in [2.05, 4.69) is 17.5 Å². The second-order valence-electron chi connectivity index (χ2n) is 6.68. The zero-order chi connectivity index (χ0) is 16.4. The van der Waals surface area contributed by atoms with E-state index >= 15 is 0 Å². The van der Waals surface area contributed by atoms with Gasteiger partial charge in [0.1, 0.15) is 0 Å². The lowest BCUT2D eigenvalue weighted by atomic mass is 9.90. The number of amides is 1. The summed E-state index contributed by atoms with van der Waals surface area (Å²) in [6, 6.07) is 5.51. The number of fused-ring (bicyclic) bond motifs is 1. The van der Waals surface area contributed by atoms with Crippen LogP contribution in [0.3, 0.4) is 0 Å². The van der Waals surface area contributed by atoms with Gasteiger partial charge in [-0.1, -0.05) is 19.8 Å². The van der Waals surface area contributed by atoms with Gasteiger partial charge < -0.3 is 9.47 Å². The van der Waals surface area contributed by atoms with E-state index in [0.29, 0.717) is 17.4 Å². The van der Waals surface area contributed by atoms with Crippen LogP contribution in [0.15, 0.2) is 23.3 Å². The van der Waals surface area contributed by atoms with Gasteiger partial charge in [-0.15, -0.1) is 0 Å². The first-order chi connectivity index (χ1) is 11.1. The summed E-state index contributed by atoms with van der Waals surface area (Å²) in [4.78, 5) is 12.3. The molecule has 0 aromatic heterocycles. The molecule has 3 rings (SSSR count). The number of hydrogen-bond acceptors (Lipinski definition) is 4. The van der Waals surface area contributed by atoms with Crippen LogP contribution in [-0.2, 0) is 4.79 Å². The highest BCUT2D eigenvalue weighted by Crippen LogP contribution is 2.66. The molecular weight excluding hydrogens is 292 g/mol. The molecule has 0 bridgehead atoms. The Kier molecular flexibility index (Phi) is 4.28. The summed E-state index contributed by atoms with van der Waals surface area (Å²) in [5.41, 5.74) is 3.76. The van der Waals surface area contributed by atoms with Gasteiger partial charge in [-0.25, -0.2) is 5.43 Å². The lowest BCUT2D eigenvalue weighted by Crippen LogP contribution is -2.22. The number of carbonyl (C=O) groups is 1. The normalized spacial score (nSPS) is 29.0. The van der Waals surface area contributed by atoms with Crippen LogP contribution in [0.2, 0.25) is 0 Å². The average Bonchev–Trinajstić information content (AvgIpc) is 3.20. The maximum atomic E-state index is 12.3. The zero-order valence-corrected chi connectivity index (χ0v) is 14.0. The topological polar surface area (TPSA) is 59.9 Å². The van der Waals surface area contributed by atoms with Crippen LogP contribution in [0.5, 0.6) is 11.5 Å². The fraction of sp³-hybridized carbons (Fsp3) is 0.556. The summed E-state index contributed by atoms with van der Waals surface area (Å²) in [5.74, 6) is 2.04. The van der Waals surface area contributed by atoms with Gasteiger partial charge in [0.25, 0.3) is 0 Å². The van der Waals surface area contributed by atoms with Gasteiger partial charge in [-0.2, -0.15) is 5.10 Å². The van der Waals surface area contributed by atoms with Crippen molar-refractivity contribution in [3.8, 4) is 11.5 Å². The number of ether oxygens (including phenoxy) is 2. The van der Waals surface area contributed by atoms with Crippen molar-refractivity contribution in [2.75, 3.05) is 14.2 Å². The number of nitrogens with zero attached hydrogens (tertiary/aromatic N) is 1. The molecule has 0 saturated heterocycles. The van der Waals surface area contributed by atoms with E-state index in [4.69, 9.17) is 9.47 Å². The van der Waals surface area contributed by atoms with Gasteiger partial charge in [0.2, 0.25) is 5.91 Å². The summed E-state index contributed by atoms with van der Waals surface area (Å²) in [7, 11) is 3.19. The Balaban J connectivity index is 1.60. The molecule has 0 aliphatic heterocycles. The van der Waals surface area contributed by atoms with Gasteiger partial charge in [-0.05, 0) is 47.9 Å². The van der Waals surface area contributed by atoms with E-state index in [1.807, 2.05) is 18.2 Å². The molecule has 2 aliphatic rings. The Morgan fingerprint density at radius 2 is 2.09 bits per heavy atom. The van der Waals surface area contributed by atoms with E-state index in [-0.39, 0.29) is 17.2 Å². The first kappa shape index (κ1) is 15.8. The highest BCUT2D eigenvalue weighted by Gasteiger charge is 2.64. The molecular formula is C18H24N2O3. The highest BCUT2D eigenvalue weighted by molar-refractivity contribution is 5.86. The third-order valence-electron chi connectivity index (χ3n) is 5.41. The summed E-state index contributed by atoms with van der Waals surface area (Å²) in [6.07, 6.45) is 6.46. The van der Waals surface area contributed by atoms with E-state index in [0.717, 1.165) is 12.0 Å². The van der Waals surface area contributed by atoms with E-state index in [1.54, 1.807) is 20.4 Å². The van der Waals surface area contributed by atoms with Crippen LogP contribution in [0.25, 0.3) is 0 Å². The molecule has 1 N–H and O–H groups in total. The summed E-state index contributed by atoms with van der Waals surface area (Å²) in [5, 5.41) is 4.10. The molecule has 0 radical (unpaired) electrons. The van der Waals surface area contributed by atoms with Crippen molar-refractivity contribution in [1.29, 1.82) is 0 Å². The van der Waals surface area contributed by atoms with E-state index in [9.17, 15) is 4.79 Å². The van der Waals surface area contributed by atoms with Crippen molar-refractivity contribution in [3.05, 3.63) is 23.8 Å². The molecule has 1 aromatic rings. The van der Waals surface area contributed by atoms with Crippen molar-refractivity contribution >= 4 is 12.1 Å². The molecule has 0 heterocycles. The quantitative estimate of drug-likeness (QED) is 0.671. The maximum absolute atomic E-state index is 12.3. The van der Waals surface area contributed by atoms with Crippen molar-refractivity contribution in [2.45, 2.75) is 32.6 Å². The molecule has 1 amide bonds. The van der Waals surface area contributed by atoms with Gasteiger partial charge in [-0.3, -0.25) is 4.79 Å². The molecule has 5 heteroatoms. The molecule has 0 spiro atoms. The number of carbonyl (C=O) groups excluding carboxylic acids is 1. The molecule has 2 saturated carbocycles. The molecule has 2 aliphatic carbocycles. The van der Waals surface area contributed by atoms with Gasteiger partial charge in [0, 0.05) is 5.92 Å². The summed E-state index contributed by atoms with van der Waals surface area (Å²) in [6.45, 7) is 2.24. The molecule has 1 aromatic carbocycles. The Bertz CT molecular complexity index is 629. The van der Waals surface area contributed by atoms with Crippen LogP contribution in [-0.4, -0.2) is 26.3 Å². The fourth-order valence-electron chi connectivity index (χ4n) is 4.02. The summed E-state index contributed by atoms with van der Waals surface area (Å²) >= 11 is 0. The molecule has 3 unspecified atom stereocenters. The Hall–Kier alpha value is -2.04. The molecule has 124 valence electrons. The minimum atomic E-state index is 0.0520. The van der Waals surface area contributed by atoms with Gasteiger partial charge in [0.15, 0.2) is 11.5 Å². The van der Waals surface area contributed by atoms with Crippen molar-refractivity contribution in [3.63, 3.8) is 0 Å². The predicted octanol–water partition coefficient (Wildman–Crippen LogP) is 2.98. The molecule has 5 nitrogen and oxygen atoms in total. The minimum absolute atomic E-state index is 0.0520. The average molecular weight is 316 g/mol. The monoisotopic (exact) mass is 316 g/mol. The minimum Gasteiger partial charge on any atom is -0.493 e. The van der Waals surface area contributed by atoms with Crippen LogP contribution in [0, 0.1) is 17.3 Å². The number of rotatable bonds is 5.